The maximum atomic E-state index is 11.6. The highest BCUT2D eigenvalue weighted by atomic mass is 16.5. The Bertz CT molecular complexity index is 550. The molecule has 3 rings (SSSR count). The van der Waals surface area contributed by atoms with Crippen molar-refractivity contribution >= 4 is 5.91 Å². The number of hydrogen-bond donors (Lipinski definition) is 1. The van der Waals surface area contributed by atoms with Gasteiger partial charge in [-0.1, -0.05) is 25.0 Å². The van der Waals surface area contributed by atoms with Crippen molar-refractivity contribution in [1.29, 1.82) is 0 Å². The van der Waals surface area contributed by atoms with Crippen LogP contribution in [0.4, 0.5) is 0 Å². The van der Waals surface area contributed by atoms with E-state index in [-0.39, 0.29) is 12.5 Å². The monoisotopic (exact) mass is 316 g/mol. The summed E-state index contributed by atoms with van der Waals surface area (Å²) in [5.74, 6) is 0.745. The van der Waals surface area contributed by atoms with E-state index in [1.165, 1.54) is 44.1 Å². The molecule has 2 aliphatic rings. The third-order valence-electron chi connectivity index (χ3n) is 5.58. The first kappa shape index (κ1) is 16.3. The molecular weight excluding hydrogens is 288 g/mol. The minimum absolute atomic E-state index is 0.0221. The summed E-state index contributed by atoms with van der Waals surface area (Å²) < 4.78 is 5.59. The summed E-state index contributed by atoms with van der Waals surface area (Å²) in [6.07, 6.45) is 8.33. The maximum Gasteiger partial charge on any atom is 0.259 e. The Hall–Kier alpha value is -1.55. The van der Waals surface area contributed by atoms with E-state index in [1.54, 1.807) is 19.0 Å². The Kier molecular flexibility index (Phi) is 4.90. The molecule has 23 heavy (non-hydrogen) atoms. The SMILES string of the molecule is CN(C)C(=O)COc1cccc(CN[C@H]2CCC23CCCC3)c1. The van der Waals surface area contributed by atoms with Gasteiger partial charge < -0.3 is 15.0 Å². The standard InChI is InChI=1S/C19H28N2O2/c1-21(2)18(22)14-23-16-7-5-6-15(12-16)13-20-17-8-11-19(17)9-3-4-10-19/h5-7,12,17,20H,3-4,8-11,13-14H2,1-2H3/t17-/m0/s1. The molecule has 1 amide bonds. The fourth-order valence-corrected chi connectivity index (χ4v) is 3.95. The van der Waals surface area contributed by atoms with Crippen molar-refractivity contribution < 1.29 is 9.53 Å². The zero-order valence-corrected chi connectivity index (χ0v) is 14.3. The van der Waals surface area contributed by atoms with Gasteiger partial charge in [0.2, 0.25) is 0 Å². The van der Waals surface area contributed by atoms with E-state index in [4.69, 9.17) is 4.74 Å². The number of amides is 1. The highest BCUT2D eigenvalue weighted by Gasteiger charge is 2.47. The van der Waals surface area contributed by atoms with Crippen LogP contribution in [0, 0.1) is 5.41 Å². The summed E-state index contributed by atoms with van der Waals surface area (Å²) >= 11 is 0. The number of likely N-dealkylation sites (N-methyl/N-ethyl adjacent to an activating group) is 1. The van der Waals surface area contributed by atoms with Gasteiger partial charge in [-0.2, -0.15) is 0 Å². The van der Waals surface area contributed by atoms with Gasteiger partial charge in [0.25, 0.3) is 5.91 Å². The summed E-state index contributed by atoms with van der Waals surface area (Å²) in [5.41, 5.74) is 1.83. The van der Waals surface area contributed by atoms with Crippen molar-refractivity contribution in [2.75, 3.05) is 20.7 Å². The third-order valence-corrected chi connectivity index (χ3v) is 5.58. The van der Waals surface area contributed by atoms with Gasteiger partial charge in [-0.15, -0.1) is 0 Å². The van der Waals surface area contributed by atoms with Crippen molar-refractivity contribution in [3.63, 3.8) is 0 Å². The van der Waals surface area contributed by atoms with Crippen LogP contribution < -0.4 is 10.1 Å². The van der Waals surface area contributed by atoms with Crippen LogP contribution in [0.15, 0.2) is 24.3 Å². The van der Waals surface area contributed by atoms with Gasteiger partial charge in [-0.05, 0) is 48.8 Å². The molecule has 4 nitrogen and oxygen atoms in total. The third kappa shape index (κ3) is 3.69. The van der Waals surface area contributed by atoms with E-state index in [0.717, 1.165) is 12.3 Å². The fraction of sp³-hybridized carbons (Fsp3) is 0.632. The molecule has 1 N–H and O–H groups in total. The number of carbonyl (C=O) groups excluding carboxylic acids is 1. The summed E-state index contributed by atoms with van der Waals surface area (Å²) in [6, 6.07) is 8.75. The number of ether oxygens (including phenoxy) is 1. The van der Waals surface area contributed by atoms with Crippen LogP contribution in [-0.4, -0.2) is 37.6 Å². The lowest BCUT2D eigenvalue weighted by Crippen LogP contribution is -2.51. The maximum absolute atomic E-state index is 11.6. The number of benzene rings is 1. The van der Waals surface area contributed by atoms with Gasteiger partial charge in [0.1, 0.15) is 5.75 Å². The lowest BCUT2D eigenvalue weighted by molar-refractivity contribution is -0.130. The Labute approximate surface area is 139 Å². The fourth-order valence-electron chi connectivity index (χ4n) is 3.95. The van der Waals surface area contributed by atoms with Gasteiger partial charge in [0.15, 0.2) is 6.61 Å². The van der Waals surface area contributed by atoms with Gasteiger partial charge >= 0.3 is 0 Å². The van der Waals surface area contributed by atoms with Crippen LogP contribution in [0.2, 0.25) is 0 Å². The second kappa shape index (κ2) is 6.91. The van der Waals surface area contributed by atoms with Crippen LogP contribution >= 0.6 is 0 Å². The highest BCUT2D eigenvalue weighted by molar-refractivity contribution is 5.77. The largest absolute Gasteiger partial charge is 0.484 e. The van der Waals surface area contributed by atoms with Crippen molar-refractivity contribution in [2.45, 2.75) is 51.1 Å². The topological polar surface area (TPSA) is 41.6 Å². The van der Waals surface area contributed by atoms with Gasteiger partial charge in [0, 0.05) is 26.7 Å². The second-order valence-corrected chi connectivity index (χ2v) is 7.27. The molecular formula is C19H28N2O2. The zero-order valence-electron chi connectivity index (χ0n) is 14.3. The van der Waals surface area contributed by atoms with Crippen LogP contribution in [0.25, 0.3) is 0 Å². The minimum Gasteiger partial charge on any atom is -0.484 e. The molecule has 0 radical (unpaired) electrons. The molecule has 1 atom stereocenters. The molecule has 0 unspecified atom stereocenters. The number of rotatable bonds is 6. The van der Waals surface area contributed by atoms with Crippen molar-refractivity contribution in [2.24, 2.45) is 5.41 Å². The quantitative estimate of drug-likeness (QED) is 0.877. The van der Waals surface area contributed by atoms with Crippen LogP contribution in [0.5, 0.6) is 5.75 Å². The predicted octanol–water partition coefficient (Wildman–Crippen LogP) is 2.97. The Morgan fingerprint density at radius 3 is 2.74 bits per heavy atom. The van der Waals surface area contributed by atoms with Crippen molar-refractivity contribution in [1.82, 2.24) is 10.2 Å². The first-order chi connectivity index (χ1) is 11.1. The molecule has 2 fully saturated rings. The molecule has 126 valence electrons. The molecule has 2 saturated carbocycles. The van der Waals surface area contributed by atoms with E-state index in [2.05, 4.69) is 11.4 Å². The Morgan fingerprint density at radius 2 is 2.09 bits per heavy atom. The van der Waals surface area contributed by atoms with Crippen molar-refractivity contribution in [3.05, 3.63) is 29.8 Å². The number of hydrogen-bond acceptors (Lipinski definition) is 3. The first-order valence-corrected chi connectivity index (χ1v) is 8.74. The average Bonchev–Trinajstić information content (AvgIpc) is 3.04. The van der Waals surface area contributed by atoms with E-state index >= 15 is 0 Å². The zero-order chi connectivity index (χ0) is 16.3. The summed E-state index contributed by atoms with van der Waals surface area (Å²) in [4.78, 5) is 13.1. The normalized spacial score (nSPS) is 21.9. The Morgan fingerprint density at radius 1 is 1.30 bits per heavy atom. The molecule has 0 bridgehead atoms. The molecule has 0 saturated heterocycles. The summed E-state index contributed by atoms with van der Waals surface area (Å²) in [6.45, 7) is 0.973. The molecule has 0 heterocycles. The predicted molar refractivity (Wildman–Crippen MR) is 91.4 cm³/mol. The number of nitrogens with zero attached hydrogens (tertiary/aromatic N) is 1. The molecule has 1 aromatic rings. The van der Waals surface area contributed by atoms with Crippen LogP contribution in [0.3, 0.4) is 0 Å². The lowest BCUT2D eigenvalue weighted by Gasteiger charge is -2.48. The molecule has 1 spiro atoms. The molecule has 4 heteroatoms. The molecule has 0 aromatic heterocycles. The van der Waals surface area contributed by atoms with Gasteiger partial charge in [0.05, 0.1) is 0 Å². The van der Waals surface area contributed by atoms with E-state index < -0.39 is 0 Å². The molecule has 1 aromatic carbocycles. The highest BCUT2D eigenvalue weighted by Crippen LogP contribution is 2.53. The smallest absolute Gasteiger partial charge is 0.259 e. The lowest BCUT2D eigenvalue weighted by atomic mass is 9.63. The van der Waals surface area contributed by atoms with Crippen LogP contribution in [-0.2, 0) is 11.3 Å². The van der Waals surface area contributed by atoms with Crippen LogP contribution in [0.1, 0.15) is 44.1 Å². The summed E-state index contributed by atoms with van der Waals surface area (Å²) in [7, 11) is 3.48. The summed E-state index contributed by atoms with van der Waals surface area (Å²) in [5, 5.41) is 3.75. The van der Waals surface area contributed by atoms with E-state index in [9.17, 15) is 4.79 Å². The first-order valence-electron chi connectivity index (χ1n) is 8.74. The minimum atomic E-state index is -0.0221. The van der Waals surface area contributed by atoms with Gasteiger partial charge in [-0.25, -0.2) is 0 Å². The molecule has 2 aliphatic carbocycles. The van der Waals surface area contributed by atoms with E-state index in [0.29, 0.717) is 11.5 Å². The molecule has 0 aliphatic heterocycles. The number of nitrogens with one attached hydrogen (secondary N) is 1. The van der Waals surface area contributed by atoms with E-state index in [1.807, 2.05) is 18.2 Å². The number of carbonyl (C=O) groups is 1. The van der Waals surface area contributed by atoms with Crippen molar-refractivity contribution in [3.8, 4) is 5.75 Å². The van der Waals surface area contributed by atoms with Gasteiger partial charge in [-0.3, -0.25) is 4.79 Å². The second-order valence-electron chi connectivity index (χ2n) is 7.27. The Balaban J connectivity index is 1.51. The average molecular weight is 316 g/mol.